The molecule has 1 aromatic carbocycles. The van der Waals surface area contributed by atoms with Gasteiger partial charge in [-0.05, 0) is 44.0 Å². The van der Waals surface area contributed by atoms with Crippen molar-refractivity contribution >= 4 is 33.2 Å². The zero-order chi connectivity index (χ0) is 13.9. The quantitative estimate of drug-likeness (QED) is 0.894. The van der Waals surface area contributed by atoms with Crippen molar-refractivity contribution in [2.45, 2.75) is 17.7 Å². The number of hydrogen-bond donors (Lipinski definition) is 2. The van der Waals surface area contributed by atoms with Crippen LogP contribution in [0, 0.1) is 5.92 Å². The lowest BCUT2D eigenvalue weighted by Gasteiger charge is -2.22. The summed E-state index contributed by atoms with van der Waals surface area (Å²) >= 11 is 11.8. The first kappa shape index (κ1) is 15.1. The molecule has 0 saturated carbocycles. The van der Waals surface area contributed by atoms with Gasteiger partial charge < -0.3 is 5.32 Å². The van der Waals surface area contributed by atoms with Crippen LogP contribution in [0.4, 0.5) is 0 Å². The number of halogens is 2. The molecule has 1 aliphatic rings. The molecule has 0 radical (unpaired) electrons. The van der Waals surface area contributed by atoms with Crippen molar-refractivity contribution in [2.24, 2.45) is 5.92 Å². The molecule has 19 heavy (non-hydrogen) atoms. The number of hydrogen-bond acceptors (Lipinski definition) is 3. The van der Waals surface area contributed by atoms with Gasteiger partial charge in [-0.2, -0.15) is 0 Å². The first-order chi connectivity index (χ1) is 9.00. The van der Waals surface area contributed by atoms with E-state index in [4.69, 9.17) is 23.2 Å². The Labute approximate surface area is 123 Å². The number of rotatable bonds is 4. The lowest BCUT2D eigenvalue weighted by atomic mass is 9.99. The summed E-state index contributed by atoms with van der Waals surface area (Å²) in [7, 11) is -3.60. The molecule has 0 bridgehead atoms. The fourth-order valence-electron chi connectivity index (χ4n) is 2.08. The van der Waals surface area contributed by atoms with Gasteiger partial charge in [-0.25, -0.2) is 13.1 Å². The molecule has 1 aliphatic heterocycles. The van der Waals surface area contributed by atoms with E-state index in [1.165, 1.54) is 6.07 Å². The smallest absolute Gasteiger partial charge is 0.242 e. The average molecular weight is 323 g/mol. The van der Waals surface area contributed by atoms with Gasteiger partial charge in [0.05, 0.1) is 10.0 Å². The van der Waals surface area contributed by atoms with Crippen LogP contribution in [0.1, 0.15) is 12.8 Å². The second-order valence-electron chi connectivity index (χ2n) is 4.60. The summed E-state index contributed by atoms with van der Waals surface area (Å²) in [4.78, 5) is 0.0376. The Morgan fingerprint density at radius 3 is 2.63 bits per heavy atom. The Kier molecular flexibility index (Phi) is 5.09. The minimum absolute atomic E-state index is 0.0376. The van der Waals surface area contributed by atoms with Crippen molar-refractivity contribution < 1.29 is 8.42 Å². The highest BCUT2D eigenvalue weighted by molar-refractivity contribution is 7.89. The average Bonchev–Trinajstić information content (AvgIpc) is 2.41. The minimum Gasteiger partial charge on any atom is -0.317 e. The molecule has 106 valence electrons. The first-order valence-corrected chi connectivity index (χ1v) is 8.39. The van der Waals surface area contributed by atoms with E-state index < -0.39 is 10.0 Å². The third kappa shape index (κ3) is 3.83. The Balaban J connectivity index is 2.07. The van der Waals surface area contributed by atoms with E-state index in [9.17, 15) is 8.42 Å². The lowest BCUT2D eigenvalue weighted by Crippen LogP contribution is -2.36. The SMILES string of the molecule is O=S(=O)(NCC1CCNCC1)c1cccc(Cl)c1Cl. The Morgan fingerprint density at radius 2 is 1.95 bits per heavy atom. The molecule has 1 heterocycles. The Bertz CT molecular complexity index is 543. The van der Waals surface area contributed by atoms with Crippen LogP contribution < -0.4 is 10.0 Å². The summed E-state index contributed by atoms with van der Waals surface area (Å²) < 4.78 is 27.0. The molecule has 1 saturated heterocycles. The van der Waals surface area contributed by atoms with Crippen molar-refractivity contribution in [3.63, 3.8) is 0 Å². The molecule has 1 fully saturated rings. The molecule has 1 aromatic rings. The molecule has 0 spiro atoms. The highest BCUT2D eigenvalue weighted by Gasteiger charge is 2.21. The van der Waals surface area contributed by atoms with Gasteiger partial charge in [0.2, 0.25) is 10.0 Å². The van der Waals surface area contributed by atoms with Crippen molar-refractivity contribution in [3.8, 4) is 0 Å². The van der Waals surface area contributed by atoms with Crippen LogP contribution >= 0.6 is 23.2 Å². The molecule has 0 aliphatic carbocycles. The van der Waals surface area contributed by atoms with Crippen LogP contribution in [0.15, 0.2) is 23.1 Å². The van der Waals surface area contributed by atoms with E-state index >= 15 is 0 Å². The van der Waals surface area contributed by atoms with Crippen LogP contribution in [-0.2, 0) is 10.0 Å². The van der Waals surface area contributed by atoms with Crippen molar-refractivity contribution in [3.05, 3.63) is 28.2 Å². The lowest BCUT2D eigenvalue weighted by molar-refractivity contribution is 0.372. The van der Waals surface area contributed by atoms with E-state index in [2.05, 4.69) is 10.0 Å². The van der Waals surface area contributed by atoms with E-state index in [0.717, 1.165) is 25.9 Å². The summed E-state index contributed by atoms with van der Waals surface area (Å²) in [5.74, 6) is 0.369. The molecule has 2 N–H and O–H groups in total. The Hall–Kier alpha value is -0.330. The maximum Gasteiger partial charge on any atom is 0.242 e. The van der Waals surface area contributed by atoms with Gasteiger partial charge in [0, 0.05) is 6.54 Å². The third-order valence-electron chi connectivity index (χ3n) is 3.23. The van der Waals surface area contributed by atoms with Crippen LogP contribution in [0.2, 0.25) is 10.0 Å². The fourth-order valence-corrected chi connectivity index (χ4v) is 3.96. The maximum absolute atomic E-state index is 12.2. The van der Waals surface area contributed by atoms with Crippen LogP contribution in [0.5, 0.6) is 0 Å². The van der Waals surface area contributed by atoms with E-state index in [1.807, 2.05) is 0 Å². The highest BCUT2D eigenvalue weighted by atomic mass is 35.5. The second-order valence-corrected chi connectivity index (χ2v) is 7.12. The van der Waals surface area contributed by atoms with Crippen molar-refractivity contribution in [1.29, 1.82) is 0 Å². The summed E-state index contributed by atoms with van der Waals surface area (Å²) in [6.45, 7) is 2.31. The molecule has 0 atom stereocenters. The predicted molar refractivity (Wildman–Crippen MR) is 77.2 cm³/mol. The molecular weight excluding hydrogens is 307 g/mol. The van der Waals surface area contributed by atoms with Gasteiger partial charge in [0.1, 0.15) is 4.90 Å². The zero-order valence-corrected chi connectivity index (χ0v) is 12.7. The normalized spacial score (nSPS) is 17.6. The van der Waals surface area contributed by atoms with E-state index in [-0.39, 0.29) is 14.9 Å². The largest absolute Gasteiger partial charge is 0.317 e. The summed E-state index contributed by atoms with van der Waals surface area (Å²) in [6.07, 6.45) is 1.96. The second kappa shape index (κ2) is 6.41. The number of sulfonamides is 1. The van der Waals surface area contributed by atoms with Gasteiger partial charge in [0.15, 0.2) is 0 Å². The first-order valence-electron chi connectivity index (χ1n) is 6.15. The van der Waals surface area contributed by atoms with Gasteiger partial charge in [-0.1, -0.05) is 29.3 Å². The van der Waals surface area contributed by atoms with Crippen molar-refractivity contribution in [2.75, 3.05) is 19.6 Å². The maximum atomic E-state index is 12.2. The number of nitrogens with one attached hydrogen (secondary N) is 2. The zero-order valence-electron chi connectivity index (χ0n) is 10.3. The molecule has 0 amide bonds. The van der Waals surface area contributed by atoms with Crippen molar-refractivity contribution in [1.82, 2.24) is 10.0 Å². The van der Waals surface area contributed by atoms with Gasteiger partial charge in [-0.15, -0.1) is 0 Å². The number of piperidine rings is 1. The molecule has 0 aromatic heterocycles. The monoisotopic (exact) mass is 322 g/mol. The molecule has 4 nitrogen and oxygen atoms in total. The molecule has 0 unspecified atom stereocenters. The van der Waals surface area contributed by atoms with E-state index in [1.54, 1.807) is 12.1 Å². The Morgan fingerprint density at radius 1 is 1.26 bits per heavy atom. The summed E-state index contributed by atoms with van der Waals surface area (Å²) in [5, 5.41) is 3.56. The van der Waals surface area contributed by atoms with Crippen LogP contribution in [-0.4, -0.2) is 28.1 Å². The summed E-state index contributed by atoms with van der Waals surface area (Å²) in [5.41, 5.74) is 0. The summed E-state index contributed by atoms with van der Waals surface area (Å²) in [6, 6.07) is 4.60. The van der Waals surface area contributed by atoms with Gasteiger partial charge in [-0.3, -0.25) is 0 Å². The molecule has 2 rings (SSSR count). The minimum atomic E-state index is -3.60. The van der Waals surface area contributed by atoms with Gasteiger partial charge in [0.25, 0.3) is 0 Å². The van der Waals surface area contributed by atoms with Crippen LogP contribution in [0.3, 0.4) is 0 Å². The van der Waals surface area contributed by atoms with Crippen LogP contribution in [0.25, 0.3) is 0 Å². The fraction of sp³-hybridized carbons (Fsp3) is 0.500. The van der Waals surface area contributed by atoms with Gasteiger partial charge >= 0.3 is 0 Å². The standard InChI is InChI=1S/C12H16Cl2N2O2S/c13-10-2-1-3-11(12(10)14)19(17,18)16-8-9-4-6-15-7-5-9/h1-3,9,15-16H,4-8H2. The predicted octanol–water partition coefficient (Wildman–Crippen LogP) is 2.27. The third-order valence-corrected chi connectivity index (χ3v) is 5.62. The van der Waals surface area contributed by atoms with E-state index in [0.29, 0.717) is 12.5 Å². The highest BCUT2D eigenvalue weighted by Crippen LogP contribution is 2.28. The molecule has 7 heteroatoms. The topological polar surface area (TPSA) is 58.2 Å². The molecular formula is C12H16Cl2N2O2S. The number of benzene rings is 1.